The number of ether oxygens (including phenoxy) is 1. The minimum atomic E-state index is -4.33. The molecule has 0 bridgehead atoms. The van der Waals surface area contributed by atoms with Crippen LogP contribution in [0.1, 0.15) is 30.9 Å². The lowest BCUT2D eigenvalue weighted by Crippen LogP contribution is -2.37. The molecule has 0 aliphatic rings. The number of methoxy groups -OCH3 is 1. The largest absolute Gasteiger partial charge is 0.416 e. The van der Waals surface area contributed by atoms with Crippen LogP contribution in [0.5, 0.6) is 0 Å². The van der Waals surface area contributed by atoms with Gasteiger partial charge in [-0.25, -0.2) is 0 Å². The number of alkyl halides is 3. The molecule has 0 heterocycles. The van der Waals surface area contributed by atoms with Gasteiger partial charge in [0.25, 0.3) is 0 Å². The molecular formula is C15H20F3NO2. The SMILES string of the molecule is CCC(COC)NC(=O)CCc1ccc(C(F)(F)F)cc1. The van der Waals surface area contributed by atoms with Crippen LogP contribution < -0.4 is 5.32 Å². The monoisotopic (exact) mass is 303 g/mol. The van der Waals surface area contributed by atoms with Crippen LogP contribution in [-0.4, -0.2) is 25.7 Å². The molecule has 1 N–H and O–H groups in total. The van der Waals surface area contributed by atoms with Crippen LogP contribution in [0.4, 0.5) is 13.2 Å². The Morgan fingerprint density at radius 3 is 2.38 bits per heavy atom. The second-order valence-electron chi connectivity index (χ2n) is 4.82. The molecule has 0 saturated heterocycles. The van der Waals surface area contributed by atoms with Crippen LogP contribution in [0, 0.1) is 0 Å². The van der Waals surface area contributed by atoms with Crippen molar-refractivity contribution in [2.24, 2.45) is 0 Å². The first-order valence-electron chi connectivity index (χ1n) is 6.81. The zero-order valence-electron chi connectivity index (χ0n) is 12.2. The van der Waals surface area contributed by atoms with Gasteiger partial charge in [-0.05, 0) is 30.5 Å². The summed E-state index contributed by atoms with van der Waals surface area (Å²) in [6, 6.07) is 4.85. The van der Waals surface area contributed by atoms with Gasteiger partial charge in [-0.2, -0.15) is 13.2 Å². The molecule has 1 amide bonds. The van der Waals surface area contributed by atoms with E-state index in [1.165, 1.54) is 12.1 Å². The highest BCUT2D eigenvalue weighted by molar-refractivity contribution is 5.76. The van der Waals surface area contributed by atoms with Crippen molar-refractivity contribution in [3.05, 3.63) is 35.4 Å². The highest BCUT2D eigenvalue weighted by Gasteiger charge is 2.29. The Bertz CT molecular complexity index is 443. The molecule has 0 aliphatic heterocycles. The molecule has 3 nitrogen and oxygen atoms in total. The lowest BCUT2D eigenvalue weighted by molar-refractivity contribution is -0.137. The van der Waals surface area contributed by atoms with Crippen LogP contribution in [0.3, 0.4) is 0 Å². The van der Waals surface area contributed by atoms with Crippen molar-refractivity contribution >= 4 is 5.91 Å². The van der Waals surface area contributed by atoms with Gasteiger partial charge in [-0.1, -0.05) is 19.1 Å². The summed E-state index contributed by atoms with van der Waals surface area (Å²) in [4.78, 5) is 11.7. The summed E-state index contributed by atoms with van der Waals surface area (Å²) in [5, 5.41) is 2.83. The Balaban J connectivity index is 2.46. The molecule has 0 fully saturated rings. The van der Waals surface area contributed by atoms with E-state index in [1.54, 1.807) is 7.11 Å². The lowest BCUT2D eigenvalue weighted by atomic mass is 10.1. The molecule has 1 aromatic rings. The number of nitrogens with one attached hydrogen (secondary N) is 1. The first-order valence-corrected chi connectivity index (χ1v) is 6.81. The van der Waals surface area contributed by atoms with Crippen LogP contribution in [-0.2, 0) is 22.1 Å². The Kier molecular flexibility index (Phi) is 6.68. The summed E-state index contributed by atoms with van der Waals surface area (Å²) in [6.45, 7) is 2.39. The van der Waals surface area contributed by atoms with Crippen LogP contribution in [0.2, 0.25) is 0 Å². The summed E-state index contributed by atoms with van der Waals surface area (Å²) >= 11 is 0. The van der Waals surface area contributed by atoms with Crippen molar-refractivity contribution in [2.75, 3.05) is 13.7 Å². The number of amides is 1. The number of halogens is 3. The summed E-state index contributed by atoms with van der Waals surface area (Å²) in [5.74, 6) is -0.126. The summed E-state index contributed by atoms with van der Waals surface area (Å²) < 4.78 is 42.2. The van der Waals surface area contributed by atoms with Crippen LogP contribution >= 0.6 is 0 Å². The van der Waals surface area contributed by atoms with Gasteiger partial charge in [0.2, 0.25) is 5.91 Å². The van der Waals surface area contributed by atoms with Crippen molar-refractivity contribution in [1.82, 2.24) is 5.32 Å². The van der Waals surface area contributed by atoms with E-state index >= 15 is 0 Å². The topological polar surface area (TPSA) is 38.3 Å². The number of rotatable bonds is 7. The van der Waals surface area contributed by atoms with E-state index in [0.717, 1.165) is 18.6 Å². The average Bonchev–Trinajstić information content (AvgIpc) is 2.44. The molecule has 6 heteroatoms. The van der Waals surface area contributed by atoms with Gasteiger partial charge in [-0.3, -0.25) is 4.79 Å². The van der Waals surface area contributed by atoms with E-state index in [1.807, 2.05) is 6.92 Å². The van der Waals surface area contributed by atoms with E-state index in [4.69, 9.17) is 4.74 Å². The van der Waals surface area contributed by atoms with E-state index < -0.39 is 11.7 Å². The molecule has 1 rings (SSSR count). The molecule has 0 spiro atoms. The highest BCUT2D eigenvalue weighted by Crippen LogP contribution is 2.29. The minimum absolute atomic E-state index is 0.0323. The van der Waals surface area contributed by atoms with Crippen molar-refractivity contribution in [3.8, 4) is 0 Å². The van der Waals surface area contributed by atoms with Crippen LogP contribution in [0.15, 0.2) is 24.3 Å². The smallest absolute Gasteiger partial charge is 0.383 e. The summed E-state index contributed by atoms with van der Waals surface area (Å²) in [6.07, 6.45) is -2.91. The Morgan fingerprint density at radius 1 is 1.29 bits per heavy atom. The zero-order valence-corrected chi connectivity index (χ0v) is 12.2. The van der Waals surface area contributed by atoms with E-state index in [2.05, 4.69) is 5.32 Å². The predicted molar refractivity (Wildman–Crippen MR) is 73.9 cm³/mol. The maximum Gasteiger partial charge on any atom is 0.416 e. The van der Waals surface area contributed by atoms with E-state index in [-0.39, 0.29) is 18.4 Å². The number of benzene rings is 1. The number of carbonyl (C=O) groups excluding carboxylic acids is 1. The normalized spacial score (nSPS) is 13.0. The second-order valence-corrected chi connectivity index (χ2v) is 4.82. The second kappa shape index (κ2) is 8.02. The maximum absolute atomic E-state index is 12.4. The molecule has 1 aromatic carbocycles. The third kappa shape index (κ3) is 6.16. The molecule has 21 heavy (non-hydrogen) atoms. The predicted octanol–water partition coefficient (Wildman–Crippen LogP) is 3.18. The van der Waals surface area contributed by atoms with Crippen molar-refractivity contribution in [2.45, 2.75) is 38.4 Å². The number of aryl methyl sites for hydroxylation is 1. The van der Waals surface area contributed by atoms with E-state index in [0.29, 0.717) is 18.6 Å². The molecule has 0 aliphatic carbocycles. The third-order valence-electron chi connectivity index (χ3n) is 3.15. The fourth-order valence-corrected chi connectivity index (χ4v) is 1.88. The Hall–Kier alpha value is -1.56. The standard InChI is InChI=1S/C15H20F3NO2/c1-3-13(10-21-2)19-14(20)9-6-11-4-7-12(8-5-11)15(16,17)18/h4-5,7-8,13H,3,6,9-10H2,1-2H3,(H,19,20). The average molecular weight is 303 g/mol. The molecule has 1 atom stereocenters. The molecule has 1 unspecified atom stereocenters. The molecular weight excluding hydrogens is 283 g/mol. The molecule has 0 aromatic heterocycles. The van der Waals surface area contributed by atoms with E-state index in [9.17, 15) is 18.0 Å². The van der Waals surface area contributed by atoms with Gasteiger partial charge < -0.3 is 10.1 Å². The Morgan fingerprint density at radius 2 is 1.90 bits per heavy atom. The third-order valence-corrected chi connectivity index (χ3v) is 3.15. The first kappa shape index (κ1) is 17.5. The molecule has 0 saturated carbocycles. The van der Waals surface area contributed by atoms with Gasteiger partial charge in [0.15, 0.2) is 0 Å². The van der Waals surface area contributed by atoms with Gasteiger partial charge in [0, 0.05) is 13.5 Å². The minimum Gasteiger partial charge on any atom is -0.383 e. The quantitative estimate of drug-likeness (QED) is 0.840. The molecule has 0 radical (unpaired) electrons. The fourth-order valence-electron chi connectivity index (χ4n) is 1.88. The number of hydrogen-bond donors (Lipinski definition) is 1. The Labute approximate surface area is 122 Å². The van der Waals surface area contributed by atoms with Gasteiger partial charge >= 0.3 is 6.18 Å². The van der Waals surface area contributed by atoms with Crippen molar-refractivity contribution < 1.29 is 22.7 Å². The zero-order chi connectivity index (χ0) is 15.9. The number of carbonyl (C=O) groups is 1. The maximum atomic E-state index is 12.4. The van der Waals surface area contributed by atoms with Gasteiger partial charge in [0.05, 0.1) is 18.2 Å². The fraction of sp³-hybridized carbons (Fsp3) is 0.533. The lowest BCUT2D eigenvalue weighted by Gasteiger charge is -2.15. The van der Waals surface area contributed by atoms with Crippen molar-refractivity contribution in [1.29, 1.82) is 0 Å². The summed E-state index contributed by atoms with van der Waals surface area (Å²) in [7, 11) is 1.57. The van der Waals surface area contributed by atoms with Gasteiger partial charge in [0.1, 0.15) is 0 Å². The van der Waals surface area contributed by atoms with Crippen molar-refractivity contribution in [3.63, 3.8) is 0 Å². The van der Waals surface area contributed by atoms with Gasteiger partial charge in [-0.15, -0.1) is 0 Å². The van der Waals surface area contributed by atoms with Crippen LogP contribution in [0.25, 0.3) is 0 Å². The number of hydrogen-bond acceptors (Lipinski definition) is 2. The summed E-state index contributed by atoms with van der Waals surface area (Å²) in [5.41, 5.74) is 0.0276. The molecule has 118 valence electrons. The first-order chi connectivity index (χ1) is 9.86. The highest BCUT2D eigenvalue weighted by atomic mass is 19.4.